The molecular formula is C24H28FN3. The molecule has 4 rings (SSSR count). The van der Waals surface area contributed by atoms with E-state index >= 15 is 0 Å². The van der Waals surface area contributed by atoms with Gasteiger partial charge in [0, 0.05) is 35.1 Å². The Bertz CT molecular complexity index is 924. The van der Waals surface area contributed by atoms with E-state index in [0.29, 0.717) is 5.92 Å². The molecule has 0 atom stereocenters. The molecule has 0 saturated heterocycles. The normalized spacial score (nSPS) is 19.7. The zero-order valence-electron chi connectivity index (χ0n) is 16.7. The average molecular weight is 378 g/mol. The summed E-state index contributed by atoms with van der Waals surface area (Å²) in [5.74, 6) is 1.24. The third-order valence-corrected chi connectivity index (χ3v) is 6.22. The number of benzene rings is 1. The van der Waals surface area contributed by atoms with Crippen molar-refractivity contribution in [3.05, 3.63) is 60.3 Å². The fraction of sp³-hybridized carbons (Fsp3) is 0.417. The van der Waals surface area contributed by atoms with E-state index in [-0.39, 0.29) is 5.82 Å². The molecule has 0 spiro atoms. The maximum absolute atomic E-state index is 13.9. The van der Waals surface area contributed by atoms with E-state index in [0.717, 1.165) is 40.5 Å². The van der Waals surface area contributed by atoms with E-state index in [1.165, 1.54) is 38.3 Å². The average Bonchev–Trinajstić information content (AvgIpc) is 3.05. The molecule has 3 nitrogen and oxygen atoms in total. The number of hydrogen-bond acceptors (Lipinski definition) is 2. The molecule has 4 heteroatoms. The molecule has 1 aliphatic carbocycles. The second-order valence-electron chi connectivity index (χ2n) is 8.04. The van der Waals surface area contributed by atoms with Crippen molar-refractivity contribution < 1.29 is 4.39 Å². The molecule has 1 saturated carbocycles. The lowest BCUT2D eigenvalue weighted by Crippen LogP contribution is -2.20. The Morgan fingerprint density at radius 2 is 1.71 bits per heavy atom. The van der Waals surface area contributed by atoms with E-state index < -0.39 is 0 Å². The van der Waals surface area contributed by atoms with Crippen LogP contribution in [0.3, 0.4) is 0 Å². The topological polar surface area (TPSA) is 30.7 Å². The van der Waals surface area contributed by atoms with Crippen LogP contribution >= 0.6 is 0 Å². The highest BCUT2D eigenvalue weighted by Gasteiger charge is 2.24. The minimum atomic E-state index is -0.318. The third kappa shape index (κ3) is 3.87. The van der Waals surface area contributed by atoms with Crippen LogP contribution in [-0.4, -0.2) is 14.8 Å². The van der Waals surface area contributed by atoms with Gasteiger partial charge in [-0.3, -0.25) is 9.67 Å². The molecule has 0 bridgehead atoms. The van der Waals surface area contributed by atoms with Crippen LogP contribution in [0.1, 0.15) is 44.7 Å². The van der Waals surface area contributed by atoms with E-state index in [1.807, 2.05) is 18.2 Å². The zero-order chi connectivity index (χ0) is 19.5. The first-order valence-electron chi connectivity index (χ1n) is 10.4. The van der Waals surface area contributed by atoms with Gasteiger partial charge in [0.05, 0.1) is 6.20 Å². The largest absolute Gasteiger partial charge is 0.268 e. The summed E-state index contributed by atoms with van der Waals surface area (Å²) in [6, 6.07) is 11.7. The van der Waals surface area contributed by atoms with Crippen molar-refractivity contribution >= 4 is 0 Å². The van der Waals surface area contributed by atoms with Gasteiger partial charge in [-0.1, -0.05) is 56.5 Å². The highest BCUT2D eigenvalue weighted by Crippen LogP contribution is 2.36. The molecular weight excluding hydrogens is 349 g/mol. The number of hydrogen-bond donors (Lipinski definition) is 0. The van der Waals surface area contributed by atoms with Gasteiger partial charge in [-0.25, -0.2) is 4.39 Å². The molecule has 146 valence electrons. The van der Waals surface area contributed by atoms with Gasteiger partial charge in [-0.05, 0) is 37.7 Å². The molecule has 0 unspecified atom stereocenters. The van der Waals surface area contributed by atoms with Gasteiger partial charge >= 0.3 is 0 Å². The van der Waals surface area contributed by atoms with Crippen molar-refractivity contribution in [2.45, 2.75) is 52.5 Å². The molecule has 0 radical (unpaired) electrons. The first kappa shape index (κ1) is 18.9. The molecule has 0 aliphatic heterocycles. The molecule has 28 heavy (non-hydrogen) atoms. The van der Waals surface area contributed by atoms with E-state index in [1.54, 1.807) is 12.3 Å². The first-order chi connectivity index (χ1) is 13.7. The zero-order valence-corrected chi connectivity index (χ0v) is 16.7. The van der Waals surface area contributed by atoms with Crippen molar-refractivity contribution in [3.63, 3.8) is 0 Å². The third-order valence-electron chi connectivity index (χ3n) is 6.22. The van der Waals surface area contributed by atoms with Crippen LogP contribution in [0.25, 0.3) is 22.4 Å². The summed E-state index contributed by atoms with van der Waals surface area (Å²) >= 11 is 0. The predicted octanol–water partition coefficient (Wildman–Crippen LogP) is 6.28. The lowest BCUT2D eigenvalue weighted by Gasteiger charge is -2.28. The Kier molecular flexibility index (Phi) is 5.56. The van der Waals surface area contributed by atoms with E-state index in [2.05, 4.69) is 35.6 Å². The monoisotopic (exact) mass is 377 g/mol. The van der Waals surface area contributed by atoms with Crippen molar-refractivity contribution in [3.8, 4) is 22.4 Å². The van der Waals surface area contributed by atoms with Crippen molar-refractivity contribution in [2.24, 2.45) is 11.8 Å². The maximum atomic E-state index is 13.9. The predicted molar refractivity (Wildman–Crippen MR) is 111 cm³/mol. The van der Waals surface area contributed by atoms with Gasteiger partial charge in [0.1, 0.15) is 11.5 Å². The second kappa shape index (κ2) is 8.26. The van der Waals surface area contributed by atoms with E-state index in [4.69, 9.17) is 5.10 Å². The number of aromatic nitrogens is 3. The van der Waals surface area contributed by atoms with Crippen molar-refractivity contribution in [1.29, 1.82) is 0 Å². The van der Waals surface area contributed by atoms with Crippen molar-refractivity contribution in [2.75, 3.05) is 0 Å². The van der Waals surface area contributed by atoms with Gasteiger partial charge in [0.15, 0.2) is 0 Å². The summed E-state index contributed by atoms with van der Waals surface area (Å²) in [6.45, 7) is 5.33. The smallest absolute Gasteiger partial charge is 0.142 e. The lowest BCUT2D eigenvalue weighted by molar-refractivity contribution is 0.241. The Hall–Kier alpha value is -2.49. The minimum Gasteiger partial charge on any atom is -0.268 e. The van der Waals surface area contributed by atoms with Crippen LogP contribution < -0.4 is 0 Å². The molecule has 1 aliphatic rings. The maximum Gasteiger partial charge on any atom is 0.142 e. The number of halogens is 1. The van der Waals surface area contributed by atoms with Crippen LogP contribution in [-0.2, 0) is 6.54 Å². The first-order valence-corrected chi connectivity index (χ1v) is 10.4. The molecule has 1 fully saturated rings. The lowest BCUT2D eigenvalue weighted by atomic mass is 9.81. The highest BCUT2D eigenvalue weighted by molar-refractivity contribution is 5.82. The SMILES string of the molecule is CCC1CCC(Cn2nc(-c3ccccc3)c(-c3cncc(F)c3)c2C)CC1. The van der Waals surface area contributed by atoms with Gasteiger partial charge in [0.25, 0.3) is 0 Å². The summed E-state index contributed by atoms with van der Waals surface area (Å²) in [5, 5.41) is 4.99. The fourth-order valence-electron chi connectivity index (χ4n) is 4.48. The van der Waals surface area contributed by atoms with Gasteiger partial charge in [-0.15, -0.1) is 0 Å². The highest BCUT2D eigenvalue weighted by atomic mass is 19.1. The molecule has 1 aromatic carbocycles. The Balaban J connectivity index is 1.71. The van der Waals surface area contributed by atoms with Crippen molar-refractivity contribution in [1.82, 2.24) is 14.8 Å². The Labute approximate surface area is 166 Å². The quantitative estimate of drug-likeness (QED) is 0.524. The second-order valence-corrected chi connectivity index (χ2v) is 8.04. The summed E-state index contributed by atoms with van der Waals surface area (Å²) in [7, 11) is 0. The van der Waals surface area contributed by atoms with Gasteiger partial charge < -0.3 is 0 Å². The van der Waals surface area contributed by atoms with Crippen LogP contribution in [0, 0.1) is 24.6 Å². The van der Waals surface area contributed by atoms with Gasteiger partial charge in [0.2, 0.25) is 0 Å². The Morgan fingerprint density at radius 3 is 2.39 bits per heavy atom. The van der Waals surface area contributed by atoms with Crippen LogP contribution in [0.5, 0.6) is 0 Å². The standard InChI is InChI=1S/C24H28FN3/c1-3-18-9-11-19(12-10-18)16-28-17(2)23(21-13-22(25)15-26-14-21)24(27-28)20-7-5-4-6-8-20/h4-8,13-15,18-19H,3,9-12,16H2,1-2H3. The summed E-state index contributed by atoms with van der Waals surface area (Å²) in [4.78, 5) is 4.07. The Morgan fingerprint density at radius 1 is 1.00 bits per heavy atom. The molecule has 0 amide bonds. The van der Waals surface area contributed by atoms with Crippen LogP contribution in [0.15, 0.2) is 48.8 Å². The minimum absolute atomic E-state index is 0.318. The van der Waals surface area contributed by atoms with Crippen LogP contribution in [0.2, 0.25) is 0 Å². The van der Waals surface area contributed by atoms with E-state index in [9.17, 15) is 4.39 Å². The number of rotatable bonds is 5. The molecule has 3 aromatic rings. The number of pyridine rings is 1. The molecule has 2 heterocycles. The van der Waals surface area contributed by atoms with Crippen LogP contribution in [0.4, 0.5) is 4.39 Å². The molecule has 0 N–H and O–H groups in total. The fourth-order valence-corrected chi connectivity index (χ4v) is 4.48. The number of nitrogens with zero attached hydrogens (tertiary/aromatic N) is 3. The summed E-state index contributed by atoms with van der Waals surface area (Å²) in [6.07, 6.45) is 9.47. The molecule has 2 aromatic heterocycles. The summed E-state index contributed by atoms with van der Waals surface area (Å²) < 4.78 is 16.0. The summed E-state index contributed by atoms with van der Waals surface area (Å²) in [5.41, 5.74) is 4.83. The van der Waals surface area contributed by atoms with Gasteiger partial charge in [-0.2, -0.15) is 5.10 Å².